The molecule has 3 amide bonds. The summed E-state index contributed by atoms with van der Waals surface area (Å²) in [4.78, 5) is 40.5. The van der Waals surface area contributed by atoms with E-state index in [0.29, 0.717) is 17.1 Å². The zero-order valence-corrected chi connectivity index (χ0v) is 17.5. The molecule has 0 saturated carbocycles. The number of hydrogen-bond donors (Lipinski definition) is 0. The summed E-state index contributed by atoms with van der Waals surface area (Å²) in [5.41, 5.74) is 1.13. The minimum absolute atomic E-state index is 0.0922. The van der Waals surface area contributed by atoms with E-state index < -0.39 is 28.6 Å². The number of rotatable bonds is 4. The highest BCUT2D eigenvalue weighted by Gasteiger charge is 2.48. The molecule has 29 heavy (non-hydrogen) atoms. The number of likely N-dealkylation sites (N-methyl/N-ethyl adjacent to an activating group) is 1. The summed E-state index contributed by atoms with van der Waals surface area (Å²) in [6.45, 7) is 1.97. The van der Waals surface area contributed by atoms with E-state index in [9.17, 15) is 14.4 Å². The molecule has 2 aliphatic heterocycles. The Balaban J connectivity index is 1.62. The van der Waals surface area contributed by atoms with Crippen LogP contribution < -0.4 is 9.47 Å². The first kappa shape index (κ1) is 19.4. The number of urea groups is 1. The van der Waals surface area contributed by atoms with Crippen LogP contribution in [0.5, 0.6) is 11.5 Å². The number of hydrogen-bond acceptors (Lipinski definition) is 5. The lowest BCUT2D eigenvalue weighted by molar-refractivity contribution is -0.127. The number of carbonyl (C=O) groups excluding carboxylic acids is 3. The number of ether oxygens (including phenoxy) is 2. The molecule has 2 aromatic rings. The van der Waals surface area contributed by atoms with Crippen molar-refractivity contribution in [1.29, 1.82) is 0 Å². The van der Waals surface area contributed by atoms with Gasteiger partial charge in [0.2, 0.25) is 6.79 Å². The minimum Gasteiger partial charge on any atom is -0.454 e. The number of Topliss-reactive ketones (excluding diaryl/α,β-unsaturated/α-hetero) is 1. The summed E-state index contributed by atoms with van der Waals surface area (Å²) in [5, 5.41) is 0. The van der Waals surface area contributed by atoms with E-state index in [0.717, 1.165) is 5.56 Å². The third kappa shape index (κ3) is 3.27. The van der Waals surface area contributed by atoms with Crippen LogP contribution in [-0.4, -0.2) is 52.2 Å². The van der Waals surface area contributed by atoms with Gasteiger partial charge in [-0.05, 0) is 30.7 Å². The lowest BCUT2D eigenvalue weighted by atomic mass is 9.99. The average Bonchev–Trinajstić information content (AvgIpc) is 3.30. The molecule has 0 aromatic heterocycles. The van der Waals surface area contributed by atoms with E-state index in [1.54, 1.807) is 25.2 Å². The summed E-state index contributed by atoms with van der Waals surface area (Å²) in [5.74, 6) is -0.0399. The fourth-order valence-corrected chi connectivity index (χ4v) is 4.12. The van der Waals surface area contributed by atoms with Gasteiger partial charge in [-0.2, -0.15) is 0 Å². The van der Waals surface area contributed by atoms with Gasteiger partial charge in [0.05, 0.1) is 12.1 Å². The Morgan fingerprint density at radius 1 is 1.10 bits per heavy atom. The fraction of sp³-hybridized carbons (Fsp3) is 0.286. The topological polar surface area (TPSA) is 76.1 Å². The molecule has 2 aromatic carbocycles. The van der Waals surface area contributed by atoms with Crippen molar-refractivity contribution in [2.45, 2.75) is 23.8 Å². The van der Waals surface area contributed by atoms with Crippen molar-refractivity contribution >= 4 is 33.7 Å². The minimum atomic E-state index is -1.20. The maximum Gasteiger partial charge on any atom is 0.327 e. The zero-order chi connectivity index (χ0) is 20.7. The van der Waals surface area contributed by atoms with Crippen molar-refractivity contribution in [3.63, 3.8) is 0 Å². The number of halogens is 1. The van der Waals surface area contributed by atoms with Crippen LogP contribution in [-0.2, 0) is 4.79 Å². The standard InChI is InChI=1S/C21H19BrN2O5/c1-12-18(13-6-4-3-5-7-13)24(21(27)23(12)2)20(26)17(22)19(25)14-8-9-15-16(10-14)29-11-28-15/h3-10,12,17-18H,11H2,1-2H3/t12-,17?,18-/m1/s1. The largest absolute Gasteiger partial charge is 0.454 e. The fourth-order valence-electron chi connectivity index (χ4n) is 3.63. The Bertz CT molecular complexity index is 980. The van der Waals surface area contributed by atoms with Crippen LogP contribution in [0.25, 0.3) is 0 Å². The SMILES string of the molecule is C[C@@H]1[C@H](c2ccccc2)N(C(=O)C(Br)C(=O)c2ccc3c(c2)OCO3)C(=O)N1C. The molecule has 1 unspecified atom stereocenters. The van der Waals surface area contributed by atoms with Gasteiger partial charge in [0.1, 0.15) is 0 Å². The number of nitrogens with zero attached hydrogens (tertiary/aromatic N) is 2. The Labute approximate surface area is 176 Å². The third-order valence-corrected chi connectivity index (χ3v) is 6.14. The van der Waals surface area contributed by atoms with Gasteiger partial charge in [-0.1, -0.05) is 46.3 Å². The molecule has 8 heteroatoms. The van der Waals surface area contributed by atoms with E-state index in [4.69, 9.17) is 9.47 Å². The van der Waals surface area contributed by atoms with Gasteiger partial charge in [0, 0.05) is 12.6 Å². The van der Waals surface area contributed by atoms with Gasteiger partial charge >= 0.3 is 6.03 Å². The maximum atomic E-state index is 13.2. The van der Waals surface area contributed by atoms with Crippen LogP contribution in [0.3, 0.4) is 0 Å². The molecule has 2 heterocycles. The van der Waals surface area contributed by atoms with Crippen LogP contribution >= 0.6 is 15.9 Å². The van der Waals surface area contributed by atoms with Crippen LogP contribution in [0.4, 0.5) is 4.79 Å². The molecule has 7 nitrogen and oxygen atoms in total. The summed E-state index contributed by atoms with van der Waals surface area (Å²) >= 11 is 3.22. The lowest BCUT2D eigenvalue weighted by Crippen LogP contribution is -2.43. The Hall–Kier alpha value is -2.87. The van der Waals surface area contributed by atoms with Crippen molar-refractivity contribution in [1.82, 2.24) is 9.80 Å². The second-order valence-corrected chi connectivity index (χ2v) is 7.91. The quantitative estimate of drug-likeness (QED) is 0.398. The number of imide groups is 1. The van der Waals surface area contributed by atoms with Crippen LogP contribution in [0.15, 0.2) is 48.5 Å². The smallest absolute Gasteiger partial charge is 0.327 e. The highest BCUT2D eigenvalue weighted by Crippen LogP contribution is 2.37. The number of alkyl halides is 1. The van der Waals surface area contributed by atoms with Gasteiger partial charge in [0.25, 0.3) is 5.91 Å². The Morgan fingerprint density at radius 3 is 2.52 bits per heavy atom. The van der Waals surface area contributed by atoms with Gasteiger partial charge < -0.3 is 14.4 Å². The first-order valence-corrected chi connectivity index (χ1v) is 10.0. The molecular weight excluding hydrogens is 440 g/mol. The first-order valence-electron chi connectivity index (χ1n) is 9.13. The molecule has 0 aliphatic carbocycles. The van der Waals surface area contributed by atoms with E-state index in [-0.39, 0.29) is 12.8 Å². The zero-order valence-electron chi connectivity index (χ0n) is 15.9. The normalized spacial score (nSPS) is 21.4. The number of benzene rings is 2. The van der Waals surface area contributed by atoms with Crippen molar-refractivity contribution in [3.05, 3.63) is 59.7 Å². The monoisotopic (exact) mass is 458 g/mol. The average molecular weight is 459 g/mol. The first-order chi connectivity index (χ1) is 13.9. The molecular formula is C21H19BrN2O5. The molecule has 1 saturated heterocycles. The molecule has 1 fully saturated rings. The highest BCUT2D eigenvalue weighted by atomic mass is 79.9. The van der Waals surface area contributed by atoms with Crippen LogP contribution in [0.2, 0.25) is 0 Å². The Morgan fingerprint density at radius 2 is 1.79 bits per heavy atom. The van der Waals surface area contributed by atoms with Crippen molar-refractivity contribution in [2.75, 3.05) is 13.8 Å². The second kappa shape index (κ2) is 7.51. The number of ketones is 1. The lowest BCUT2D eigenvalue weighted by Gasteiger charge is -2.25. The third-order valence-electron chi connectivity index (χ3n) is 5.34. The molecule has 0 bridgehead atoms. The molecule has 0 radical (unpaired) electrons. The van der Waals surface area contributed by atoms with Gasteiger partial charge in [-0.3, -0.25) is 14.5 Å². The van der Waals surface area contributed by atoms with E-state index in [1.807, 2.05) is 37.3 Å². The summed E-state index contributed by atoms with van der Waals surface area (Å²) in [6.07, 6.45) is 0. The predicted molar refractivity (Wildman–Crippen MR) is 108 cm³/mol. The molecule has 150 valence electrons. The molecule has 0 spiro atoms. The molecule has 2 aliphatic rings. The van der Waals surface area contributed by atoms with E-state index in [2.05, 4.69) is 15.9 Å². The molecule has 3 atom stereocenters. The predicted octanol–water partition coefficient (Wildman–Crippen LogP) is 3.39. The van der Waals surface area contributed by atoms with Crippen LogP contribution in [0.1, 0.15) is 28.9 Å². The van der Waals surface area contributed by atoms with E-state index >= 15 is 0 Å². The van der Waals surface area contributed by atoms with Crippen LogP contribution in [0, 0.1) is 0 Å². The highest BCUT2D eigenvalue weighted by molar-refractivity contribution is 9.10. The molecule has 4 rings (SSSR count). The van der Waals surface area contributed by atoms with E-state index in [1.165, 1.54) is 9.80 Å². The second-order valence-electron chi connectivity index (χ2n) is 6.99. The summed E-state index contributed by atoms with van der Waals surface area (Å²) < 4.78 is 10.6. The summed E-state index contributed by atoms with van der Waals surface area (Å²) in [7, 11) is 1.65. The number of carbonyl (C=O) groups is 3. The molecule has 0 N–H and O–H groups in total. The number of fused-ring (bicyclic) bond motifs is 1. The Kier molecular flexibility index (Phi) is 5.04. The number of amides is 3. The van der Waals surface area contributed by atoms with Crippen molar-refractivity contribution in [3.8, 4) is 11.5 Å². The van der Waals surface area contributed by atoms with Crippen molar-refractivity contribution < 1.29 is 23.9 Å². The summed E-state index contributed by atoms with van der Waals surface area (Å²) in [6, 6.07) is 12.9. The van der Waals surface area contributed by atoms with Crippen molar-refractivity contribution in [2.24, 2.45) is 0 Å². The maximum absolute atomic E-state index is 13.2. The van der Waals surface area contributed by atoms with Gasteiger partial charge in [0.15, 0.2) is 22.1 Å². The van der Waals surface area contributed by atoms with Gasteiger partial charge in [-0.15, -0.1) is 0 Å². The van der Waals surface area contributed by atoms with Gasteiger partial charge in [-0.25, -0.2) is 4.79 Å².